The number of aryl methyl sites for hydroxylation is 1. The lowest BCUT2D eigenvalue weighted by Gasteiger charge is -2.36. The summed E-state index contributed by atoms with van der Waals surface area (Å²) in [6, 6.07) is 3.62. The molecule has 0 N–H and O–H groups in total. The highest BCUT2D eigenvalue weighted by molar-refractivity contribution is 7.12. The Labute approximate surface area is 157 Å². The van der Waals surface area contributed by atoms with E-state index >= 15 is 0 Å². The molecule has 3 heterocycles. The lowest BCUT2D eigenvalue weighted by Crippen LogP contribution is -2.49. The van der Waals surface area contributed by atoms with E-state index in [9.17, 15) is 9.59 Å². The normalized spacial score (nSPS) is 15.4. The van der Waals surface area contributed by atoms with Gasteiger partial charge in [0, 0.05) is 58.4 Å². The monoisotopic (exact) mass is 378 g/mol. The third-order valence-corrected chi connectivity index (χ3v) is 5.79. The molecule has 0 saturated carbocycles. The first-order valence-electron chi connectivity index (χ1n) is 8.88. The highest BCUT2D eigenvalue weighted by atomic mass is 32.1. The highest BCUT2D eigenvalue weighted by Gasteiger charge is 2.20. The molecule has 1 saturated heterocycles. The first kappa shape index (κ1) is 18.7. The van der Waals surface area contributed by atoms with Crippen LogP contribution in [0.5, 0.6) is 5.06 Å². The van der Waals surface area contributed by atoms with Gasteiger partial charge in [0.15, 0.2) is 5.06 Å². The summed E-state index contributed by atoms with van der Waals surface area (Å²) in [5, 5.41) is 3.06. The molecule has 0 unspecified atom stereocenters. The Kier molecular flexibility index (Phi) is 5.83. The van der Waals surface area contributed by atoms with Crippen LogP contribution in [0.15, 0.2) is 27.1 Å². The number of rotatable bonds is 6. The molecular weight excluding hydrogens is 352 g/mol. The summed E-state index contributed by atoms with van der Waals surface area (Å²) >= 11 is 1.64. The molecule has 8 heteroatoms. The van der Waals surface area contributed by atoms with E-state index in [0.717, 1.165) is 55.4 Å². The van der Waals surface area contributed by atoms with Crippen molar-refractivity contribution in [2.24, 2.45) is 14.1 Å². The van der Waals surface area contributed by atoms with Gasteiger partial charge in [0.25, 0.3) is 5.56 Å². The van der Waals surface area contributed by atoms with Crippen LogP contribution in [0.25, 0.3) is 0 Å². The van der Waals surface area contributed by atoms with E-state index in [-0.39, 0.29) is 11.2 Å². The van der Waals surface area contributed by atoms with Crippen LogP contribution in [0, 0.1) is 6.92 Å². The van der Waals surface area contributed by atoms with E-state index in [1.807, 2.05) is 5.38 Å². The quantitative estimate of drug-likeness (QED) is 0.703. The standard InChI is InChI=1S/C18H26N4O3S/c1-14-5-12-26-17(14)25-11-4-6-21-7-9-22(10-8-21)15-13-16(23)20(3)18(24)19(15)2/h5,12-13H,4,6-11H2,1-3H3. The van der Waals surface area contributed by atoms with Gasteiger partial charge in [-0.15, -0.1) is 11.3 Å². The molecule has 2 aromatic rings. The highest BCUT2D eigenvalue weighted by Crippen LogP contribution is 2.24. The zero-order valence-electron chi connectivity index (χ0n) is 15.6. The summed E-state index contributed by atoms with van der Waals surface area (Å²) in [5.74, 6) is 0.703. The van der Waals surface area contributed by atoms with Gasteiger partial charge in [-0.05, 0) is 24.8 Å². The molecule has 1 aliphatic rings. The molecule has 0 aromatic carbocycles. The van der Waals surface area contributed by atoms with E-state index in [2.05, 4.69) is 22.8 Å². The Balaban J connectivity index is 1.48. The number of aromatic nitrogens is 2. The molecule has 0 aliphatic carbocycles. The van der Waals surface area contributed by atoms with Crippen molar-refractivity contribution in [3.63, 3.8) is 0 Å². The van der Waals surface area contributed by atoms with Crippen LogP contribution >= 0.6 is 11.3 Å². The first-order valence-corrected chi connectivity index (χ1v) is 9.76. The Morgan fingerprint density at radius 2 is 1.85 bits per heavy atom. The maximum absolute atomic E-state index is 12.1. The number of piperazine rings is 1. The van der Waals surface area contributed by atoms with Crippen molar-refractivity contribution >= 4 is 17.2 Å². The SMILES string of the molecule is Cc1ccsc1OCCCN1CCN(c2cc(=O)n(C)c(=O)n2C)CC1. The second kappa shape index (κ2) is 8.09. The summed E-state index contributed by atoms with van der Waals surface area (Å²) < 4.78 is 8.50. The van der Waals surface area contributed by atoms with Gasteiger partial charge >= 0.3 is 5.69 Å². The van der Waals surface area contributed by atoms with Gasteiger partial charge in [-0.25, -0.2) is 4.79 Å². The molecule has 142 valence electrons. The zero-order chi connectivity index (χ0) is 18.7. The Bertz CT molecular complexity index is 862. The Morgan fingerprint density at radius 1 is 1.12 bits per heavy atom. The van der Waals surface area contributed by atoms with E-state index in [0.29, 0.717) is 5.82 Å². The van der Waals surface area contributed by atoms with Crippen LogP contribution < -0.4 is 20.9 Å². The van der Waals surface area contributed by atoms with Gasteiger partial charge < -0.3 is 9.64 Å². The van der Waals surface area contributed by atoms with Gasteiger partial charge in [-0.1, -0.05) is 0 Å². The van der Waals surface area contributed by atoms with Crippen molar-refractivity contribution < 1.29 is 4.74 Å². The molecule has 3 rings (SSSR count). The lowest BCUT2D eigenvalue weighted by molar-refractivity contribution is 0.225. The molecule has 0 bridgehead atoms. The number of ether oxygens (including phenoxy) is 1. The maximum atomic E-state index is 12.1. The fraction of sp³-hybridized carbons (Fsp3) is 0.556. The molecule has 0 amide bonds. The van der Waals surface area contributed by atoms with Crippen LogP contribution in [0.1, 0.15) is 12.0 Å². The summed E-state index contributed by atoms with van der Waals surface area (Å²) in [6.45, 7) is 7.24. The Morgan fingerprint density at radius 3 is 2.50 bits per heavy atom. The predicted octanol–water partition coefficient (Wildman–Crippen LogP) is 1.05. The van der Waals surface area contributed by atoms with Crippen molar-refractivity contribution in [3.8, 4) is 5.06 Å². The number of nitrogens with zero attached hydrogens (tertiary/aromatic N) is 4. The van der Waals surface area contributed by atoms with Crippen molar-refractivity contribution in [1.29, 1.82) is 0 Å². The fourth-order valence-corrected chi connectivity index (χ4v) is 3.99. The van der Waals surface area contributed by atoms with Crippen molar-refractivity contribution in [3.05, 3.63) is 43.9 Å². The average Bonchev–Trinajstić information content (AvgIpc) is 3.05. The van der Waals surface area contributed by atoms with Crippen LogP contribution in [0.2, 0.25) is 0 Å². The molecule has 0 spiro atoms. The molecule has 0 atom stereocenters. The average molecular weight is 378 g/mol. The molecule has 7 nitrogen and oxygen atoms in total. The molecule has 0 radical (unpaired) electrons. The largest absolute Gasteiger partial charge is 0.484 e. The summed E-state index contributed by atoms with van der Waals surface area (Å²) in [6.07, 6.45) is 0.988. The summed E-state index contributed by atoms with van der Waals surface area (Å²) in [5.41, 5.74) is 0.658. The first-order chi connectivity index (χ1) is 12.5. The van der Waals surface area contributed by atoms with Crippen LogP contribution in [0.4, 0.5) is 5.82 Å². The molecule has 1 fully saturated rings. The van der Waals surface area contributed by atoms with E-state index in [1.54, 1.807) is 29.0 Å². The fourth-order valence-electron chi connectivity index (χ4n) is 3.19. The topological polar surface area (TPSA) is 59.7 Å². The van der Waals surface area contributed by atoms with E-state index in [4.69, 9.17) is 4.74 Å². The maximum Gasteiger partial charge on any atom is 0.332 e. The van der Waals surface area contributed by atoms with Gasteiger partial charge in [0.05, 0.1) is 6.61 Å². The number of hydrogen-bond acceptors (Lipinski definition) is 6. The van der Waals surface area contributed by atoms with E-state index in [1.165, 1.54) is 12.6 Å². The second-order valence-electron chi connectivity index (χ2n) is 6.66. The lowest BCUT2D eigenvalue weighted by atomic mass is 10.3. The number of thiophene rings is 1. The van der Waals surface area contributed by atoms with Crippen molar-refractivity contribution in [2.75, 3.05) is 44.2 Å². The van der Waals surface area contributed by atoms with Gasteiger partial charge in [-0.3, -0.25) is 18.8 Å². The van der Waals surface area contributed by atoms with Gasteiger partial charge in [0.2, 0.25) is 0 Å². The van der Waals surface area contributed by atoms with Crippen molar-refractivity contribution in [1.82, 2.24) is 14.0 Å². The Hall–Kier alpha value is -2.06. The zero-order valence-corrected chi connectivity index (χ0v) is 16.4. The molecular formula is C18H26N4O3S. The van der Waals surface area contributed by atoms with Gasteiger partial charge in [0.1, 0.15) is 5.82 Å². The number of hydrogen-bond donors (Lipinski definition) is 0. The molecule has 2 aromatic heterocycles. The predicted molar refractivity (Wildman–Crippen MR) is 105 cm³/mol. The van der Waals surface area contributed by atoms with Gasteiger partial charge in [-0.2, -0.15) is 0 Å². The number of anilines is 1. The smallest absolute Gasteiger partial charge is 0.332 e. The van der Waals surface area contributed by atoms with Crippen LogP contribution in [0.3, 0.4) is 0 Å². The minimum atomic E-state index is -0.282. The summed E-state index contributed by atoms with van der Waals surface area (Å²) in [7, 11) is 3.22. The minimum Gasteiger partial charge on any atom is -0.484 e. The molecule has 1 aliphatic heterocycles. The van der Waals surface area contributed by atoms with Crippen LogP contribution in [-0.4, -0.2) is 53.4 Å². The minimum absolute atomic E-state index is 0.258. The second-order valence-corrected chi connectivity index (χ2v) is 7.54. The third-order valence-electron chi connectivity index (χ3n) is 4.86. The molecule has 26 heavy (non-hydrogen) atoms. The van der Waals surface area contributed by atoms with Crippen molar-refractivity contribution in [2.45, 2.75) is 13.3 Å². The van der Waals surface area contributed by atoms with E-state index < -0.39 is 0 Å². The van der Waals surface area contributed by atoms with Crippen LogP contribution in [-0.2, 0) is 14.1 Å². The summed E-state index contributed by atoms with van der Waals surface area (Å²) in [4.78, 5) is 28.5. The third kappa shape index (κ3) is 4.02.